The van der Waals surface area contributed by atoms with Gasteiger partial charge in [-0.15, -0.1) is 0 Å². The summed E-state index contributed by atoms with van der Waals surface area (Å²) in [5.41, 5.74) is 3.85. The van der Waals surface area contributed by atoms with Gasteiger partial charge in [0, 0.05) is 13.6 Å². The highest BCUT2D eigenvalue weighted by molar-refractivity contribution is 5.87. The second-order valence-corrected chi connectivity index (χ2v) is 4.63. The molecule has 2 heterocycles. The average molecular weight is 287 g/mol. The predicted octanol–water partition coefficient (Wildman–Crippen LogP) is 1.41. The second-order valence-electron chi connectivity index (χ2n) is 4.63. The van der Waals surface area contributed by atoms with Gasteiger partial charge in [-0.1, -0.05) is 12.1 Å². The van der Waals surface area contributed by atoms with Crippen molar-refractivity contribution in [2.45, 2.75) is 6.54 Å². The summed E-state index contributed by atoms with van der Waals surface area (Å²) in [7, 11) is 1.86. The molecule has 3 aromatic rings. The van der Waals surface area contributed by atoms with Gasteiger partial charge in [-0.05, 0) is 17.7 Å². The summed E-state index contributed by atoms with van der Waals surface area (Å²) >= 11 is 0. The molecule has 0 unspecified atom stereocenters. The highest BCUT2D eigenvalue weighted by Crippen LogP contribution is 2.24. The average Bonchev–Trinajstić information content (AvgIpc) is 2.94. The smallest absolute Gasteiger partial charge is 0.241 e. The van der Waals surface area contributed by atoms with Gasteiger partial charge >= 0.3 is 0 Å². The van der Waals surface area contributed by atoms with Crippen LogP contribution in [-0.4, -0.2) is 27.2 Å². The summed E-state index contributed by atoms with van der Waals surface area (Å²) in [5.74, 6) is 6.05. The van der Waals surface area contributed by atoms with Gasteiger partial charge in [-0.2, -0.15) is 15.1 Å². The number of H-pyrrole nitrogens is 1. The van der Waals surface area contributed by atoms with E-state index < -0.39 is 0 Å². The van der Waals surface area contributed by atoms with Gasteiger partial charge < -0.3 is 4.90 Å². The Hall–Kier alpha value is -2.74. The van der Waals surface area contributed by atoms with E-state index >= 15 is 0 Å². The van der Waals surface area contributed by atoms with E-state index in [-0.39, 0.29) is 11.8 Å². The molecule has 0 amide bonds. The first-order valence-corrected chi connectivity index (χ1v) is 6.30. The lowest BCUT2D eigenvalue weighted by molar-refractivity contribution is 0.625. The van der Waals surface area contributed by atoms with Crippen molar-refractivity contribution in [1.82, 2.24) is 20.2 Å². The van der Waals surface area contributed by atoms with Crippen molar-refractivity contribution in [2.24, 2.45) is 5.84 Å². The van der Waals surface area contributed by atoms with Crippen molar-refractivity contribution in [3.8, 4) is 0 Å². The van der Waals surface area contributed by atoms with Crippen molar-refractivity contribution in [3.05, 3.63) is 41.8 Å². The number of nitrogens with one attached hydrogen (secondary N) is 2. The molecular formula is C13H14FN7. The van der Waals surface area contributed by atoms with E-state index in [0.717, 1.165) is 10.9 Å². The summed E-state index contributed by atoms with van der Waals surface area (Å²) in [6, 6.07) is 6.44. The first-order chi connectivity index (χ1) is 10.2. The maximum atomic E-state index is 13.3. The van der Waals surface area contributed by atoms with Crippen LogP contribution in [0.3, 0.4) is 0 Å². The van der Waals surface area contributed by atoms with Crippen molar-refractivity contribution in [3.63, 3.8) is 0 Å². The molecule has 2 aromatic heterocycles. The third-order valence-electron chi connectivity index (χ3n) is 3.09. The van der Waals surface area contributed by atoms with Gasteiger partial charge in [-0.25, -0.2) is 10.2 Å². The van der Waals surface area contributed by atoms with Crippen LogP contribution in [0.25, 0.3) is 11.0 Å². The fourth-order valence-electron chi connectivity index (χ4n) is 2.16. The van der Waals surface area contributed by atoms with Gasteiger partial charge in [0.05, 0.1) is 11.6 Å². The van der Waals surface area contributed by atoms with Crippen LogP contribution in [0.4, 0.5) is 16.2 Å². The molecule has 0 radical (unpaired) electrons. The molecule has 21 heavy (non-hydrogen) atoms. The zero-order valence-electron chi connectivity index (χ0n) is 11.3. The molecule has 8 heteroatoms. The molecule has 3 rings (SSSR count). The minimum atomic E-state index is -0.263. The van der Waals surface area contributed by atoms with E-state index in [9.17, 15) is 4.39 Å². The molecule has 0 aliphatic carbocycles. The lowest BCUT2D eigenvalue weighted by Crippen LogP contribution is -2.20. The normalized spacial score (nSPS) is 10.8. The zero-order valence-corrected chi connectivity index (χ0v) is 11.3. The number of hydrazine groups is 1. The van der Waals surface area contributed by atoms with Crippen LogP contribution in [0, 0.1) is 5.82 Å². The van der Waals surface area contributed by atoms with Crippen LogP contribution in [0.1, 0.15) is 5.56 Å². The van der Waals surface area contributed by atoms with Crippen LogP contribution in [-0.2, 0) is 6.54 Å². The van der Waals surface area contributed by atoms with Crippen LogP contribution in [0.5, 0.6) is 0 Å². The molecule has 0 bridgehead atoms. The van der Waals surface area contributed by atoms with Gasteiger partial charge in [0.25, 0.3) is 0 Å². The molecule has 0 saturated carbocycles. The summed E-state index contributed by atoms with van der Waals surface area (Å²) in [6.07, 6.45) is 1.65. The molecule has 0 spiro atoms. The van der Waals surface area contributed by atoms with E-state index in [4.69, 9.17) is 5.84 Å². The number of rotatable bonds is 4. The van der Waals surface area contributed by atoms with Crippen LogP contribution >= 0.6 is 0 Å². The van der Waals surface area contributed by atoms with Crippen LogP contribution in [0.2, 0.25) is 0 Å². The van der Waals surface area contributed by atoms with Crippen molar-refractivity contribution in [2.75, 3.05) is 17.4 Å². The zero-order chi connectivity index (χ0) is 14.8. The van der Waals surface area contributed by atoms with E-state index in [1.54, 1.807) is 12.3 Å². The quantitative estimate of drug-likeness (QED) is 0.496. The monoisotopic (exact) mass is 287 g/mol. The first-order valence-electron chi connectivity index (χ1n) is 6.30. The maximum Gasteiger partial charge on any atom is 0.241 e. The molecule has 0 saturated heterocycles. The predicted molar refractivity (Wildman–Crippen MR) is 78.0 cm³/mol. The SMILES string of the molecule is CN(Cc1cccc(F)c1)c1nc(NN)nc2[nH]ncc12. The number of nitrogens with two attached hydrogens (primary N) is 1. The number of hydrogen-bond acceptors (Lipinski definition) is 6. The molecule has 0 aliphatic heterocycles. The Morgan fingerprint density at radius 2 is 2.24 bits per heavy atom. The van der Waals surface area contributed by atoms with Gasteiger partial charge in [0.1, 0.15) is 11.6 Å². The Morgan fingerprint density at radius 1 is 1.38 bits per heavy atom. The summed E-state index contributed by atoms with van der Waals surface area (Å²) in [6.45, 7) is 0.499. The van der Waals surface area contributed by atoms with Crippen molar-refractivity contribution >= 4 is 22.8 Å². The fraction of sp³-hybridized carbons (Fsp3) is 0.154. The Bertz CT molecular complexity index is 770. The lowest BCUT2D eigenvalue weighted by atomic mass is 10.2. The number of aromatic nitrogens is 4. The van der Waals surface area contributed by atoms with Gasteiger partial charge in [-0.3, -0.25) is 10.5 Å². The number of aromatic amines is 1. The number of anilines is 2. The van der Waals surface area contributed by atoms with E-state index in [1.807, 2.05) is 18.0 Å². The lowest BCUT2D eigenvalue weighted by Gasteiger charge is -2.19. The number of fused-ring (bicyclic) bond motifs is 1. The molecule has 0 aliphatic rings. The van der Waals surface area contributed by atoms with E-state index in [2.05, 4.69) is 25.6 Å². The first kappa shape index (κ1) is 13.3. The fourth-order valence-corrected chi connectivity index (χ4v) is 2.16. The Morgan fingerprint density at radius 3 is 3.00 bits per heavy atom. The van der Waals surface area contributed by atoms with Gasteiger partial charge in [0.2, 0.25) is 5.95 Å². The third kappa shape index (κ3) is 2.61. The summed E-state index contributed by atoms with van der Waals surface area (Å²) < 4.78 is 13.3. The largest absolute Gasteiger partial charge is 0.355 e. The summed E-state index contributed by atoms with van der Waals surface area (Å²) in [5, 5.41) is 7.51. The Balaban J connectivity index is 1.97. The molecule has 0 atom stereocenters. The number of benzene rings is 1. The minimum absolute atomic E-state index is 0.263. The number of hydrogen-bond donors (Lipinski definition) is 3. The molecule has 4 N–H and O–H groups in total. The Labute approximate surface area is 120 Å². The summed E-state index contributed by atoms with van der Waals surface area (Å²) in [4.78, 5) is 10.4. The topological polar surface area (TPSA) is 95.8 Å². The minimum Gasteiger partial charge on any atom is -0.355 e. The standard InChI is InChI=1S/C13H14FN7/c1-21(7-8-3-2-4-9(14)5-8)12-10-6-16-20-11(10)17-13(18-12)19-15/h2-6H,7,15H2,1H3,(H2,16,17,18,19,20). The highest BCUT2D eigenvalue weighted by atomic mass is 19.1. The maximum absolute atomic E-state index is 13.3. The molecular weight excluding hydrogens is 273 g/mol. The van der Waals surface area contributed by atoms with Crippen molar-refractivity contribution < 1.29 is 4.39 Å². The second kappa shape index (κ2) is 5.33. The van der Waals surface area contributed by atoms with Crippen LogP contribution in [0.15, 0.2) is 30.5 Å². The van der Waals surface area contributed by atoms with Crippen molar-refractivity contribution in [1.29, 1.82) is 0 Å². The van der Waals surface area contributed by atoms with Crippen LogP contribution < -0.4 is 16.2 Å². The number of nitrogens with zero attached hydrogens (tertiary/aromatic N) is 4. The Kier molecular flexibility index (Phi) is 3.36. The molecule has 1 aromatic carbocycles. The number of halogens is 1. The van der Waals surface area contributed by atoms with E-state index in [0.29, 0.717) is 18.0 Å². The van der Waals surface area contributed by atoms with Gasteiger partial charge in [0.15, 0.2) is 5.65 Å². The highest BCUT2D eigenvalue weighted by Gasteiger charge is 2.13. The van der Waals surface area contributed by atoms with E-state index in [1.165, 1.54) is 12.1 Å². The number of nitrogen functional groups attached to an aromatic ring is 1. The molecule has 0 fully saturated rings. The molecule has 108 valence electrons. The molecule has 7 nitrogen and oxygen atoms in total. The third-order valence-corrected chi connectivity index (χ3v) is 3.09.